The van der Waals surface area contributed by atoms with Crippen molar-refractivity contribution in [2.45, 2.75) is 6.92 Å². The summed E-state index contributed by atoms with van der Waals surface area (Å²) < 4.78 is 31.7. The SMILES string of the molecule is Cc1ccc(NC(=O)COC(=O)/C=C/c2ccccc2F)c(F)c1. The Morgan fingerprint density at radius 3 is 2.58 bits per heavy atom. The van der Waals surface area contributed by atoms with Crippen LogP contribution >= 0.6 is 0 Å². The number of rotatable bonds is 5. The summed E-state index contributed by atoms with van der Waals surface area (Å²) in [6.45, 7) is 1.14. The van der Waals surface area contributed by atoms with E-state index in [1.807, 2.05) is 0 Å². The van der Waals surface area contributed by atoms with Crippen LogP contribution < -0.4 is 5.32 Å². The summed E-state index contributed by atoms with van der Waals surface area (Å²) in [6.07, 6.45) is 2.26. The minimum absolute atomic E-state index is 0.00328. The normalized spacial score (nSPS) is 10.6. The van der Waals surface area contributed by atoms with Crippen molar-refractivity contribution < 1.29 is 23.1 Å². The molecule has 2 aromatic carbocycles. The van der Waals surface area contributed by atoms with Crippen LogP contribution in [0.5, 0.6) is 0 Å². The zero-order valence-corrected chi connectivity index (χ0v) is 12.9. The molecule has 0 aliphatic carbocycles. The number of nitrogens with one attached hydrogen (secondary N) is 1. The van der Waals surface area contributed by atoms with E-state index in [4.69, 9.17) is 4.74 Å². The molecule has 0 spiro atoms. The van der Waals surface area contributed by atoms with Gasteiger partial charge < -0.3 is 10.1 Å². The average molecular weight is 331 g/mol. The molecule has 0 saturated heterocycles. The Hall–Kier alpha value is -3.02. The third-order valence-electron chi connectivity index (χ3n) is 3.05. The number of amides is 1. The van der Waals surface area contributed by atoms with E-state index in [0.717, 1.165) is 11.6 Å². The second-order valence-electron chi connectivity index (χ2n) is 4.99. The smallest absolute Gasteiger partial charge is 0.331 e. The van der Waals surface area contributed by atoms with Gasteiger partial charge in [-0.15, -0.1) is 0 Å². The highest BCUT2D eigenvalue weighted by molar-refractivity contribution is 5.94. The summed E-state index contributed by atoms with van der Waals surface area (Å²) in [5.74, 6) is -2.54. The topological polar surface area (TPSA) is 55.4 Å². The first kappa shape index (κ1) is 17.3. The van der Waals surface area contributed by atoms with Gasteiger partial charge in [-0.3, -0.25) is 4.79 Å². The Morgan fingerprint density at radius 2 is 1.88 bits per heavy atom. The molecule has 2 aromatic rings. The van der Waals surface area contributed by atoms with Crippen molar-refractivity contribution in [1.29, 1.82) is 0 Å². The fraction of sp³-hybridized carbons (Fsp3) is 0.111. The molecule has 1 N–H and O–H groups in total. The Bertz CT molecular complexity index is 788. The maximum atomic E-state index is 13.6. The fourth-order valence-corrected chi connectivity index (χ4v) is 1.86. The molecule has 2 rings (SSSR count). The largest absolute Gasteiger partial charge is 0.452 e. The molecule has 0 saturated carbocycles. The van der Waals surface area contributed by atoms with E-state index in [2.05, 4.69) is 5.32 Å². The van der Waals surface area contributed by atoms with Crippen LogP contribution in [-0.4, -0.2) is 18.5 Å². The lowest BCUT2D eigenvalue weighted by molar-refractivity contribution is -0.142. The minimum Gasteiger partial charge on any atom is -0.452 e. The highest BCUT2D eigenvalue weighted by Gasteiger charge is 2.09. The molecular formula is C18H15F2NO3. The van der Waals surface area contributed by atoms with Gasteiger partial charge in [0.1, 0.15) is 11.6 Å². The predicted molar refractivity (Wildman–Crippen MR) is 86.2 cm³/mol. The van der Waals surface area contributed by atoms with Gasteiger partial charge in [0.15, 0.2) is 6.61 Å². The van der Waals surface area contributed by atoms with Gasteiger partial charge in [0.25, 0.3) is 5.91 Å². The number of hydrogen-bond acceptors (Lipinski definition) is 3. The number of aryl methyl sites for hydroxylation is 1. The number of hydrogen-bond donors (Lipinski definition) is 1. The van der Waals surface area contributed by atoms with Crippen LogP contribution in [0.1, 0.15) is 11.1 Å². The third-order valence-corrected chi connectivity index (χ3v) is 3.05. The van der Waals surface area contributed by atoms with Crippen molar-refractivity contribution in [3.63, 3.8) is 0 Å². The number of benzene rings is 2. The zero-order chi connectivity index (χ0) is 17.5. The van der Waals surface area contributed by atoms with Crippen molar-refractivity contribution in [1.82, 2.24) is 0 Å². The molecule has 0 heterocycles. The zero-order valence-electron chi connectivity index (χ0n) is 12.9. The summed E-state index contributed by atoms with van der Waals surface area (Å²) in [5, 5.41) is 2.30. The van der Waals surface area contributed by atoms with Gasteiger partial charge in [-0.05, 0) is 36.8 Å². The number of carbonyl (C=O) groups excluding carboxylic acids is 2. The fourth-order valence-electron chi connectivity index (χ4n) is 1.86. The van der Waals surface area contributed by atoms with Crippen molar-refractivity contribution in [2.24, 2.45) is 0 Å². The first-order valence-electron chi connectivity index (χ1n) is 7.11. The molecule has 0 aliphatic heterocycles. The highest BCUT2D eigenvalue weighted by Crippen LogP contribution is 2.15. The number of halogens is 2. The van der Waals surface area contributed by atoms with Gasteiger partial charge in [-0.25, -0.2) is 13.6 Å². The van der Waals surface area contributed by atoms with Crippen LogP contribution in [0.15, 0.2) is 48.5 Å². The summed E-state index contributed by atoms with van der Waals surface area (Å²) in [7, 11) is 0. The Morgan fingerprint density at radius 1 is 1.12 bits per heavy atom. The van der Waals surface area contributed by atoms with Crippen LogP contribution in [0.2, 0.25) is 0 Å². The summed E-state index contributed by atoms with van der Waals surface area (Å²) in [5.41, 5.74) is 0.944. The van der Waals surface area contributed by atoms with E-state index in [1.54, 1.807) is 19.1 Å². The molecule has 24 heavy (non-hydrogen) atoms. The molecule has 1 amide bonds. The van der Waals surface area contributed by atoms with Crippen molar-refractivity contribution >= 4 is 23.6 Å². The van der Waals surface area contributed by atoms with Gasteiger partial charge in [0.2, 0.25) is 0 Å². The van der Waals surface area contributed by atoms with Gasteiger partial charge in [-0.2, -0.15) is 0 Å². The molecule has 0 unspecified atom stereocenters. The second kappa shape index (κ2) is 8.01. The van der Waals surface area contributed by atoms with Crippen LogP contribution in [0, 0.1) is 18.6 Å². The van der Waals surface area contributed by atoms with E-state index >= 15 is 0 Å². The molecule has 0 aromatic heterocycles. The number of esters is 1. The predicted octanol–water partition coefficient (Wildman–Crippen LogP) is 3.47. The van der Waals surface area contributed by atoms with E-state index in [-0.39, 0.29) is 11.3 Å². The second-order valence-corrected chi connectivity index (χ2v) is 4.99. The van der Waals surface area contributed by atoms with Crippen molar-refractivity contribution in [2.75, 3.05) is 11.9 Å². The Balaban J connectivity index is 1.85. The van der Waals surface area contributed by atoms with Crippen LogP contribution in [0.25, 0.3) is 6.08 Å². The van der Waals surface area contributed by atoms with Crippen LogP contribution in [0.3, 0.4) is 0 Å². The lowest BCUT2D eigenvalue weighted by atomic mass is 10.2. The average Bonchev–Trinajstić information content (AvgIpc) is 2.55. The summed E-state index contributed by atoms with van der Waals surface area (Å²) in [4.78, 5) is 23.2. The Kier molecular flexibility index (Phi) is 5.78. The van der Waals surface area contributed by atoms with E-state index < -0.39 is 30.1 Å². The number of carbonyl (C=O) groups is 2. The molecule has 0 fully saturated rings. The van der Waals surface area contributed by atoms with Gasteiger partial charge >= 0.3 is 5.97 Å². The first-order chi connectivity index (χ1) is 11.5. The minimum atomic E-state index is -0.808. The molecule has 6 heteroatoms. The summed E-state index contributed by atoms with van der Waals surface area (Å²) >= 11 is 0. The maximum Gasteiger partial charge on any atom is 0.331 e. The van der Waals surface area contributed by atoms with E-state index in [9.17, 15) is 18.4 Å². The van der Waals surface area contributed by atoms with Crippen LogP contribution in [0.4, 0.5) is 14.5 Å². The van der Waals surface area contributed by atoms with E-state index in [1.165, 1.54) is 36.4 Å². The highest BCUT2D eigenvalue weighted by atomic mass is 19.1. The number of ether oxygens (including phenoxy) is 1. The quantitative estimate of drug-likeness (QED) is 0.674. The first-order valence-corrected chi connectivity index (χ1v) is 7.11. The molecule has 4 nitrogen and oxygen atoms in total. The lowest BCUT2D eigenvalue weighted by Crippen LogP contribution is -2.20. The summed E-state index contributed by atoms with van der Waals surface area (Å²) in [6, 6.07) is 10.2. The lowest BCUT2D eigenvalue weighted by Gasteiger charge is -2.07. The maximum absolute atomic E-state index is 13.6. The monoisotopic (exact) mass is 331 g/mol. The number of anilines is 1. The molecule has 0 bridgehead atoms. The Labute approximate surface area is 137 Å². The van der Waals surface area contributed by atoms with E-state index in [0.29, 0.717) is 0 Å². The van der Waals surface area contributed by atoms with Crippen LogP contribution in [-0.2, 0) is 14.3 Å². The standard InChI is InChI=1S/C18H15F2NO3/c1-12-6-8-16(15(20)10-12)21-17(22)11-24-18(23)9-7-13-4-2-3-5-14(13)19/h2-10H,11H2,1H3,(H,21,22)/b9-7+. The molecule has 124 valence electrons. The molecule has 0 radical (unpaired) electrons. The molecular weight excluding hydrogens is 316 g/mol. The molecule has 0 aliphatic rings. The van der Waals surface area contributed by atoms with Gasteiger partial charge in [0.05, 0.1) is 5.69 Å². The molecule has 0 atom stereocenters. The van der Waals surface area contributed by atoms with Gasteiger partial charge in [-0.1, -0.05) is 24.3 Å². The third kappa shape index (κ3) is 5.01. The van der Waals surface area contributed by atoms with Gasteiger partial charge in [0, 0.05) is 11.6 Å². The van der Waals surface area contributed by atoms with Crippen molar-refractivity contribution in [3.8, 4) is 0 Å². The van der Waals surface area contributed by atoms with Crippen molar-refractivity contribution in [3.05, 3.63) is 71.3 Å².